The van der Waals surface area contributed by atoms with Crippen molar-refractivity contribution in [1.82, 2.24) is 0 Å². The first kappa shape index (κ1) is 14.9. The van der Waals surface area contributed by atoms with Crippen molar-refractivity contribution in [1.29, 1.82) is 0 Å². The molecular weight excluding hydrogens is 264 g/mol. The number of anilines is 2. The molecule has 0 radical (unpaired) electrons. The van der Waals surface area contributed by atoms with Gasteiger partial charge in [0.1, 0.15) is 5.75 Å². The number of carbonyl (C=O) groups is 1. The molecule has 0 heterocycles. The first-order valence-corrected chi connectivity index (χ1v) is 6.86. The van der Waals surface area contributed by atoms with Gasteiger partial charge < -0.3 is 15.8 Å². The average Bonchev–Trinajstić information content (AvgIpc) is 2.47. The van der Waals surface area contributed by atoms with E-state index in [1.54, 1.807) is 25.3 Å². The largest absolute Gasteiger partial charge is 0.497 e. The van der Waals surface area contributed by atoms with Crippen molar-refractivity contribution in [2.24, 2.45) is 0 Å². The van der Waals surface area contributed by atoms with E-state index in [0.717, 1.165) is 5.69 Å². The predicted octanol–water partition coefficient (Wildman–Crippen LogP) is 3.65. The molecule has 3 N–H and O–H groups in total. The lowest BCUT2D eigenvalue weighted by molar-refractivity contribution is 0.102. The molecule has 0 spiro atoms. The van der Waals surface area contributed by atoms with Gasteiger partial charge in [-0.2, -0.15) is 0 Å². The van der Waals surface area contributed by atoms with E-state index in [-0.39, 0.29) is 5.91 Å². The second-order valence-electron chi connectivity index (χ2n) is 5.19. The average molecular weight is 284 g/mol. The molecule has 0 bridgehead atoms. The van der Waals surface area contributed by atoms with E-state index in [4.69, 9.17) is 10.5 Å². The minimum atomic E-state index is -0.226. The number of nitrogen functional groups attached to an aromatic ring is 1. The SMILES string of the molecule is COc1ccc(C(=O)Nc2cccc(C(C)C)c2)c(N)c1. The lowest BCUT2D eigenvalue weighted by atomic mass is 10.0. The number of hydrogen-bond acceptors (Lipinski definition) is 3. The molecule has 0 fully saturated rings. The van der Waals surface area contributed by atoms with Crippen LogP contribution < -0.4 is 15.8 Å². The maximum absolute atomic E-state index is 12.3. The van der Waals surface area contributed by atoms with Gasteiger partial charge in [0.05, 0.1) is 12.7 Å². The van der Waals surface area contributed by atoms with Gasteiger partial charge in [0.15, 0.2) is 0 Å². The Morgan fingerprint density at radius 3 is 2.57 bits per heavy atom. The number of nitrogens with one attached hydrogen (secondary N) is 1. The van der Waals surface area contributed by atoms with Crippen molar-refractivity contribution in [2.45, 2.75) is 19.8 Å². The Labute approximate surface area is 124 Å². The molecule has 0 aliphatic carbocycles. The number of rotatable bonds is 4. The van der Waals surface area contributed by atoms with Gasteiger partial charge in [-0.25, -0.2) is 0 Å². The van der Waals surface area contributed by atoms with Crippen LogP contribution >= 0.6 is 0 Å². The smallest absolute Gasteiger partial charge is 0.257 e. The van der Waals surface area contributed by atoms with Gasteiger partial charge in [-0.1, -0.05) is 26.0 Å². The molecule has 0 aromatic heterocycles. The summed E-state index contributed by atoms with van der Waals surface area (Å²) in [4.78, 5) is 12.3. The van der Waals surface area contributed by atoms with Crippen molar-refractivity contribution in [3.63, 3.8) is 0 Å². The van der Waals surface area contributed by atoms with E-state index in [1.165, 1.54) is 5.56 Å². The number of benzene rings is 2. The zero-order valence-corrected chi connectivity index (χ0v) is 12.5. The molecular formula is C17H20N2O2. The zero-order chi connectivity index (χ0) is 15.4. The van der Waals surface area contributed by atoms with E-state index < -0.39 is 0 Å². The highest BCUT2D eigenvalue weighted by atomic mass is 16.5. The Balaban J connectivity index is 2.20. The standard InChI is InChI=1S/C17H20N2O2/c1-11(2)12-5-4-6-13(9-12)19-17(20)15-8-7-14(21-3)10-16(15)18/h4-11H,18H2,1-3H3,(H,19,20). The number of nitrogens with two attached hydrogens (primary N) is 1. The Morgan fingerprint density at radius 2 is 1.95 bits per heavy atom. The lowest BCUT2D eigenvalue weighted by Crippen LogP contribution is -2.14. The number of ether oxygens (including phenoxy) is 1. The second-order valence-corrected chi connectivity index (χ2v) is 5.19. The quantitative estimate of drug-likeness (QED) is 0.842. The Kier molecular flexibility index (Phi) is 4.48. The molecule has 0 saturated carbocycles. The Morgan fingerprint density at radius 1 is 1.19 bits per heavy atom. The number of hydrogen-bond donors (Lipinski definition) is 2. The van der Waals surface area contributed by atoms with Gasteiger partial charge in [0, 0.05) is 17.4 Å². The maximum Gasteiger partial charge on any atom is 0.257 e. The highest BCUT2D eigenvalue weighted by Gasteiger charge is 2.11. The van der Waals surface area contributed by atoms with Gasteiger partial charge in [-0.3, -0.25) is 4.79 Å². The number of amides is 1. The topological polar surface area (TPSA) is 64.3 Å². The molecule has 4 heteroatoms. The number of carbonyl (C=O) groups excluding carboxylic acids is 1. The predicted molar refractivity (Wildman–Crippen MR) is 85.9 cm³/mol. The van der Waals surface area contributed by atoms with Crippen molar-refractivity contribution in [2.75, 3.05) is 18.2 Å². The van der Waals surface area contributed by atoms with Crippen molar-refractivity contribution in [3.8, 4) is 5.75 Å². The molecule has 1 amide bonds. The van der Waals surface area contributed by atoms with Gasteiger partial charge in [-0.15, -0.1) is 0 Å². The first-order valence-electron chi connectivity index (χ1n) is 6.86. The molecule has 110 valence electrons. The molecule has 4 nitrogen and oxygen atoms in total. The minimum Gasteiger partial charge on any atom is -0.497 e. The lowest BCUT2D eigenvalue weighted by Gasteiger charge is -2.11. The van der Waals surface area contributed by atoms with Crippen LogP contribution in [0.1, 0.15) is 35.7 Å². The monoisotopic (exact) mass is 284 g/mol. The van der Waals surface area contributed by atoms with Crippen molar-refractivity contribution >= 4 is 17.3 Å². The van der Waals surface area contributed by atoms with Crippen LogP contribution in [0.3, 0.4) is 0 Å². The van der Waals surface area contributed by atoms with E-state index in [0.29, 0.717) is 22.9 Å². The highest BCUT2D eigenvalue weighted by Crippen LogP contribution is 2.22. The van der Waals surface area contributed by atoms with Crippen molar-refractivity contribution < 1.29 is 9.53 Å². The van der Waals surface area contributed by atoms with Gasteiger partial charge >= 0.3 is 0 Å². The summed E-state index contributed by atoms with van der Waals surface area (Å²) in [6.45, 7) is 4.23. The Hall–Kier alpha value is -2.49. The van der Waals surface area contributed by atoms with Crippen LogP contribution in [0.15, 0.2) is 42.5 Å². The van der Waals surface area contributed by atoms with Crippen LogP contribution in [0.25, 0.3) is 0 Å². The summed E-state index contributed by atoms with van der Waals surface area (Å²) in [7, 11) is 1.56. The third kappa shape index (κ3) is 3.54. The molecule has 0 atom stereocenters. The third-order valence-corrected chi connectivity index (χ3v) is 3.31. The summed E-state index contributed by atoms with van der Waals surface area (Å²) >= 11 is 0. The fraction of sp³-hybridized carbons (Fsp3) is 0.235. The molecule has 2 aromatic rings. The maximum atomic E-state index is 12.3. The molecule has 0 unspecified atom stereocenters. The van der Waals surface area contributed by atoms with E-state index >= 15 is 0 Å². The summed E-state index contributed by atoms with van der Waals surface area (Å²) in [6, 6.07) is 12.8. The molecule has 0 aliphatic heterocycles. The molecule has 2 aromatic carbocycles. The van der Waals surface area contributed by atoms with E-state index in [2.05, 4.69) is 19.2 Å². The van der Waals surface area contributed by atoms with Crippen LogP contribution in [-0.2, 0) is 0 Å². The second kappa shape index (κ2) is 6.31. The molecule has 21 heavy (non-hydrogen) atoms. The third-order valence-electron chi connectivity index (χ3n) is 3.31. The van der Waals surface area contributed by atoms with Crippen molar-refractivity contribution in [3.05, 3.63) is 53.6 Å². The zero-order valence-electron chi connectivity index (χ0n) is 12.5. The summed E-state index contributed by atoms with van der Waals surface area (Å²) in [5.41, 5.74) is 8.66. The van der Waals surface area contributed by atoms with Gasteiger partial charge in [0.2, 0.25) is 0 Å². The van der Waals surface area contributed by atoms with Gasteiger partial charge in [0.25, 0.3) is 5.91 Å². The van der Waals surface area contributed by atoms with Crippen LogP contribution in [-0.4, -0.2) is 13.0 Å². The highest BCUT2D eigenvalue weighted by molar-refractivity contribution is 6.07. The Bertz CT molecular complexity index is 651. The fourth-order valence-corrected chi connectivity index (χ4v) is 2.05. The van der Waals surface area contributed by atoms with Gasteiger partial charge in [-0.05, 0) is 35.7 Å². The van der Waals surface area contributed by atoms with E-state index in [1.807, 2.05) is 24.3 Å². The molecule has 2 rings (SSSR count). The van der Waals surface area contributed by atoms with Crippen LogP contribution in [0.4, 0.5) is 11.4 Å². The van der Waals surface area contributed by atoms with Crippen LogP contribution in [0.2, 0.25) is 0 Å². The summed E-state index contributed by atoms with van der Waals surface area (Å²) in [5, 5.41) is 2.87. The fourth-order valence-electron chi connectivity index (χ4n) is 2.05. The minimum absolute atomic E-state index is 0.226. The summed E-state index contributed by atoms with van der Waals surface area (Å²) in [6.07, 6.45) is 0. The number of methoxy groups -OCH3 is 1. The van der Waals surface area contributed by atoms with Crippen LogP contribution in [0.5, 0.6) is 5.75 Å². The normalized spacial score (nSPS) is 10.5. The van der Waals surface area contributed by atoms with Crippen LogP contribution in [0, 0.1) is 0 Å². The molecule has 0 aliphatic rings. The summed E-state index contributed by atoms with van der Waals surface area (Å²) < 4.78 is 5.08. The van der Waals surface area contributed by atoms with E-state index in [9.17, 15) is 4.79 Å². The first-order chi connectivity index (χ1) is 10.0. The summed E-state index contributed by atoms with van der Waals surface area (Å²) in [5.74, 6) is 0.815. The molecule has 0 saturated heterocycles.